The number of carbonyl (C=O) groups excluding carboxylic acids is 2. The van der Waals surface area contributed by atoms with Gasteiger partial charge in [0.15, 0.2) is 0 Å². The Morgan fingerprint density at radius 1 is 0.955 bits per heavy atom. The molecule has 0 atom stereocenters. The van der Waals surface area contributed by atoms with Gasteiger partial charge in [0.05, 0.1) is 5.56 Å². The van der Waals surface area contributed by atoms with E-state index >= 15 is 0 Å². The molecule has 114 valence electrons. The van der Waals surface area contributed by atoms with Crippen molar-refractivity contribution < 1.29 is 14.3 Å². The van der Waals surface area contributed by atoms with Gasteiger partial charge in [-0.3, -0.25) is 20.4 Å². The molecular formula is C15H16N4O3. The molecule has 2 rings (SSSR count). The van der Waals surface area contributed by atoms with E-state index in [1.165, 1.54) is 18.2 Å². The quantitative estimate of drug-likeness (QED) is 0.363. The van der Waals surface area contributed by atoms with E-state index in [2.05, 4.69) is 0 Å². The summed E-state index contributed by atoms with van der Waals surface area (Å²) in [5.74, 6) is 9.50. The lowest BCUT2D eigenvalue weighted by Gasteiger charge is -2.12. The van der Waals surface area contributed by atoms with E-state index in [9.17, 15) is 9.59 Å². The third kappa shape index (κ3) is 3.60. The van der Waals surface area contributed by atoms with Gasteiger partial charge in [-0.15, -0.1) is 0 Å². The van der Waals surface area contributed by atoms with Gasteiger partial charge in [-0.1, -0.05) is 30.3 Å². The number of nitrogens with one attached hydrogen (secondary N) is 2. The van der Waals surface area contributed by atoms with Gasteiger partial charge in [-0.2, -0.15) is 0 Å². The molecule has 2 aromatic carbocycles. The highest BCUT2D eigenvalue weighted by atomic mass is 16.5. The summed E-state index contributed by atoms with van der Waals surface area (Å²) in [7, 11) is 0. The molecule has 7 heteroatoms. The van der Waals surface area contributed by atoms with Crippen molar-refractivity contribution in [2.45, 2.75) is 6.61 Å². The van der Waals surface area contributed by atoms with Crippen molar-refractivity contribution in [2.24, 2.45) is 11.7 Å². The largest absolute Gasteiger partial charge is 0.488 e. The molecule has 0 unspecified atom stereocenters. The molecule has 0 aliphatic carbocycles. The zero-order valence-corrected chi connectivity index (χ0v) is 11.7. The molecule has 0 aromatic heterocycles. The number of hydrogen-bond acceptors (Lipinski definition) is 5. The number of carbonyl (C=O) groups is 2. The monoisotopic (exact) mass is 300 g/mol. The third-order valence-corrected chi connectivity index (χ3v) is 2.99. The molecule has 0 aliphatic heterocycles. The topological polar surface area (TPSA) is 119 Å². The first kappa shape index (κ1) is 15.5. The maximum Gasteiger partial charge on any atom is 0.268 e. The maximum absolute atomic E-state index is 11.8. The predicted molar refractivity (Wildman–Crippen MR) is 80.5 cm³/mol. The van der Waals surface area contributed by atoms with Crippen LogP contribution in [0.5, 0.6) is 5.75 Å². The van der Waals surface area contributed by atoms with E-state index < -0.39 is 11.8 Å². The van der Waals surface area contributed by atoms with Crippen LogP contribution in [0.4, 0.5) is 0 Å². The van der Waals surface area contributed by atoms with Crippen LogP contribution in [0, 0.1) is 0 Å². The Hall–Kier alpha value is -2.90. The predicted octanol–water partition coefficient (Wildman–Crippen LogP) is 0.473. The summed E-state index contributed by atoms with van der Waals surface area (Å²) in [6, 6.07) is 13.8. The SMILES string of the molecule is NNC(=O)c1ccc(C(=O)NN)c(OCc2ccccc2)c1. The van der Waals surface area contributed by atoms with E-state index in [1.807, 2.05) is 41.2 Å². The van der Waals surface area contributed by atoms with Crippen LogP contribution in [0.1, 0.15) is 26.3 Å². The second kappa shape index (κ2) is 7.21. The minimum atomic E-state index is -0.511. The second-order valence-corrected chi connectivity index (χ2v) is 4.43. The van der Waals surface area contributed by atoms with Crippen molar-refractivity contribution in [3.05, 3.63) is 65.2 Å². The lowest BCUT2D eigenvalue weighted by atomic mass is 10.1. The van der Waals surface area contributed by atoms with E-state index in [1.54, 1.807) is 0 Å². The summed E-state index contributed by atoms with van der Waals surface area (Å²) >= 11 is 0. The van der Waals surface area contributed by atoms with Crippen LogP contribution in [-0.2, 0) is 6.61 Å². The number of amides is 2. The van der Waals surface area contributed by atoms with Gasteiger partial charge in [0.25, 0.3) is 11.8 Å². The van der Waals surface area contributed by atoms with Crippen molar-refractivity contribution >= 4 is 11.8 Å². The number of benzene rings is 2. The Bertz CT molecular complexity index is 674. The summed E-state index contributed by atoms with van der Waals surface area (Å²) in [5, 5.41) is 0. The van der Waals surface area contributed by atoms with Crippen LogP contribution in [0.2, 0.25) is 0 Å². The molecule has 0 fully saturated rings. The van der Waals surface area contributed by atoms with E-state index in [-0.39, 0.29) is 23.5 Å². The maximum atomic E-state index is 11.8. The van der Waals surface area contributed by atoms with Gasteiger partial charge in [0.2, 0.25) is 0 Å². The second-order valence-electron chi connectivity index (χ2n) is 4.43. The van der Waals surface area contributed by atoms with Crippen LogP contribution < -0.4 is 27.3 Å². The number of hydrazine groups is 2. The highest BCUT2D eigenvalue weighted by molar-refractivity contribution is 5.99. The lowest BCUT2D eigenvalue weighted by Crippen LogP contribution is -2.31. The van der Waals surface area contributed by atoms with E-state index in [0.29, 0.717) is 0 Å². The van der Waals surface area contributed by atoms with Gasteiger partial charge in [0, 0.05) is 5.56 Å². The summed E-state index contributed by atoms with van der Waals surface area (Å²) in [4.78, 5) is 23.3. The fraction of sp³-hybridized carbons (Fsp3) is 0.0667. The minimum Gasteiger partial charge on any atom is -0.488 e. The van der Waals surface area contributed by atoms with Crippen molar-refractivity contribution in [2.75, 3.05) is 0 Å². The molecule has 0 aliphatic rings. The van der Waals surface area contributed by atoms with Crippen LogP contribution in [-0.4, -0.2) is 11.8 Å². The van der Waals surface area contributed by atoms with Gasteiger partial charge in [0.1, 0.15) is 12.4 Å². The van der Waals surface area contributed by atoms with Crippen LogP contribution in [0.15, 0.2) is 48.5 Å². The molecule has 0 saturated heterocycles. The molecule has 0 heterocycles. The molecule has 6 N–H and O–H groups in total. The van der Waals surface area contributed by atoms with Crippen molar-refractivity contribution in [1.82, 2.24) is 10.9 Å². The van der Waals surface area contributed by atoms with Gasteiger partial charge < -0.3 is 4.74 Å². The Labute approximate surface area is 127 Å². The van der Waals surface area contributed by atoms with E-state index in [0.717, 1.165) is 5.56 Å². The molecule has 2 aromatic rings. The third-order valence-electron chi connectivity index (χ3n) is 2.99. The van der Waals surface area contributed by atoms with Crippen LogP contribution >= 0.6 is 0 Å². The Kier molecular flexibility index (Phi) is 5.07. The summed E-state index contributed by atoms with van der Waals surface area (Å²) < 4.78 is 5.64. The number of nitrogens with two attached hydrogens (primary N) is 2. The van der Waals surface area contributed by atoms with Crippen molar-refractivity contribution in [3.8, 4) is 5.75 Å². The zero-order chi connectivity index (χ0) is 15.9. The first-order valence-electron chi connectivity index (χ1n) is 6.48. The fourth-order valence-electron chi connectivity index (χ4n) is 1.87. The molecule has 0 bridgehead atoms. The van der Waals surface area contributed by atoms with E-state index in [4.69, 9.17) is 16.4 Å². The van der Waals surface area contributed by atoms with Gasteiger partial charge in [-0.05, 0) is 23.8 Å². The summed E-state index contributed by atoms with van der Waals surface area (Å²) in [6.07, 6.45) is 0. The Morgan fingerprint density at radius 3 is 2.27 bits per heavy atom. The van der Waals surface area contributed by atoms with Crippen molar-refractivity contribution in [1.29, 1.82) is 0 Å². The molecule has 0 saturated carbocycles. The summed E-state index contributed by atoms with van der Waals surface area (Å²) in [6.45, 7) is 0.249. The standard InChI is InChI=1S/C15H16N4O3/c16-18-14(20)11-6-7-12(15(21)19-17)13(8-11)22-9-10-4-2-1-3-5-10/h1-8H,9,16-17H2,(H,18,20)(H,19,21). The summed E-state index contributed by atoms with van der Waals surface area (Å²) in [5.41, 5.74) is 5.50. The van der Waals surface area contributed by atoms with Crippen LogP contribution in [0.3, 0.4) is 0 Å². The number of rotatable bonds is 5. The molecule has 22 heavy (non-hydrogen) atoms. The lowest BCUT2D eigenvalue weighted by molar-refractivity contribution is 0.0938. The van der Waals surface area contributed by atoms with Gasteiger partial charge in [-0.25, -0.2) is 11.7 Å². The number of nitrogen functional groups attached to an aromatic ring is 2. The number of ether oxygens (including phenoxy) is 1. The zero-order valence-electron chi connectivity index (χ0n) is 11.7. The normalized spacial score (nSPS) is 9.91. The fourth-order valence-corrected chi connectivity index (χ4v) is 1.87. The average Bonchev–Trinajstić information content (AvgIpc) is 2.59. The molecule has 0 radical (unpaired) electrons. The average molecular weight is 300 g/mol. The molecule has 2 amide bonds. The molecular weight excluding hydrogens is 284 g/mol. The Balaban J connectivity index is 2.28. The number of hydrogen-bond donors (Lipinski definition) is 4. The highest BCUT2D eigenvalue weighted by Crippen LogP contribution is 2.22. The first-order chi connectivity index (χ1) is 10.7. The Morgan fingerprint density at radius 2 is 1.64 bits per heavy atom. The molecule has 7 nitrogen and oxygen atoms in total. The molecule has 0 spiro atoms. The van der Waals surface area contributed by atoms with Gasteiger partial charge >= 0.3 is 0 Å². The van der Waals surface area contributed by atoms with Crippen LogP contribution in [0.25, 0.3) is 0 Å². The minimum absolute atomic E-state index is 0.229. The first-order valence-corrected chi connectivity index (χ1v) is 6.48. The smallest absolute Gasteiger partial charge is 0.268 e. The highest BCUT2D eigenvalue weighted by Gasteiger charge is 2.15. The van der Waals surface area contributed by atoms with Crippen molar-refractivity contribution in [3.63, 3.8) is 0 Å².